The predicted molar refractivity (Wildman–Crippen MR) is 111 cm³/mol. The number of likely N-dealkylation sites (tertiary alicyclic amines) is 1. The molecule has 6 heteroatoms. The molecular weight excluding hydrogens is 423 g/mol. The van der Waals surface area contributed by atoms with Gasteiger partial charge in [-0.1, -0.05) is 46.3 Å². The molecule has 150 valence electrons. The van der Waals surface area contributed by atoms with Crippen LogP contribution in [-0.4, -0.2) is 35.1 Å². The molecule has 4 nitrogen and oxygen atoms in total. The van der Waals surface area contributed by atoms with Crippen LogP contribution in [0.25, 0.3) is 0 Å². The topological polar surface area (TPSA) is 52.6 Å². The van der Waals surface area contributed by atoms with Crippen molar-refractivity contribution in [1.82, 2.24) is 10.2 Å². The smallest absolute Gasteiger partial charge is 0.220 e. The number of amides is 1. The van der Waals surface area contributed by atoms with Gasteiger partial charge in [0.05, 0.1) is 6.10 Å². The summed E-state index contributed by atoms with van der Waals surface area (Å²) in [4.78, 5) is 14.4. The summed E-state index contributed by atoms with van der Waals surface area (Å²) in [5.74, 6) is -0.376. The van der Waals surface area contributed by atoms with Crippen LogP contribution in [0.5, 0.6) is 0 Å². The van der Waals surface area contributed by atoms with Crippen molar-refractivity contribution < 1.29 is 14.3 Å². The number of aryl methyl sites for hydroxylation is 1. The van der Waals surface area contributed by atoms with Crippen molar-refractivity contribution in [2.75, 3.05) is 13.1 Å². The zero-order valence-corrected chi connectivity index (χ0v) is 17.4. The van der Waals surface area contributed by atoms with E-state index in [2.05, 4.69) is 38.3 Å². The maximum Gasteiger partial charge on any atom is 0.220 e. The van der Waals surface area contributed by atoms with Gasteiger partial charge in [0.2, 0.25) is 5.91 Å². The number of hydrogen-bond acceptors (Lipinski definition) is 3. The van der Waals surface area contributed by atoms with E-state index >= 15 is 0 Å². The van der Waals surface area contributed by atoms with Crippen LogP contribution in [0.15, 0.2) is 46.9 Å². The third kappa shape index (κ3) is 6.40. The Labute approximate surface area is 173 Å². The first-order valence-electron chi connectivity index (χ1n) is 9.68. The molecule has 0 saturated carbocycles. The van der Waals surface area contributed by atoms with Crippen molar-refractivity contribution in [1.29, 1.82) is 0 Å². The quantitative estimate of drug-likeness (QED) is 0.677. The van der Waals surface area contributed by atoms with Crippen LogP contribution in [0.4, 0.5) is 4.39 Å². The number of halogens is 2. The van der Waals surface area contributed by atoms with Gasteiger partial charge in [-0.25, -0.2) is 4.39 Å². The number of nitrogens with zero attached hydrogens (tertiary/aromatic N) is 1. The highest BCUT2D eigenvalue weighted by molar-refractivity contribution is 9.10. The van der Waals surface area contributed by atoms with E-state index in [4.69, 9.17) is 0 Å². The lowest BCUT2D eigenvalue weighted by Crippen LogP contribution is -2.35. The van der Waals surface area contributed by atoms with Gasteiger partial charge < -0.3 is 10.4 Å². The van der Waals surface area contributed by atoms with E-state index in [1.54, 1.807) is 12.1 Å². The van der Waals surface area contributed by atoms with Gasteiger partial charge in [0.25, 0.3) is 0 Å². The second-order valence-electron chi connectivity index (χ2n) is 7.34. The van der Waals surface area contributed by atoms with Gasteiger partial charge in [0.15, 0.2) is 0 Å². The third-order valence-electron chi connectivity index (χ3n) is 5.11. The van der Waals surface area contributed by atoms with Crippen LogP contribution in [0.2, 0.25) is 0 Å². The summed E-state index contributed by atoms with van der Waals surface area (Å²) < 4.78 is 14.5. The van der Waals surface area contributed by atoms with Gasteiger partial charge in [0.1, 0.15) is 5.82 Å². The highest BCUT2D eigenvalue weighted by atomic mass is 79.9. The molecule has 1 saturated heterocycles. The minimum atomic E-state index is -0.291. The summed E-state index contributed by atoms with van der Waals surface area (Å²) >= 11 is 3.23. The number of benzene rings is 2. The number of carbonyl (C=O) groups is 1. The highest BCUT2D eigenvalue weighted by Gasteiger charge is 2.16. The fourth-order valence-electron chi connectivity index (χ4n) is 3.36. The molecule has 0 aromatic heterocycles. The predicted octanol–water partition coefficient (Wildman–Crippen LogP) is 3.79. The zero-order valence-electron chi connectivity index (χ0n) is 15.8. The molecule has 0 bridgehead atoms. The number of aliphatic hydroxyl groups is 1. The standard InChI is InChI=1S/C22H26BrFN2O2/c23-19-7-5-18(21(24)13-19)6-8-22(28)25-14-16-1-3-17(4-2-16)15-26-11-9-20(27)10-12-26/h1-5,7,13,20,27H,6,8-12,14-15H2,(H,25,28). The summed E-state index contributed by atoms with van der Waals surface area (Å²) in [5.41, 5.74) is 2.83. The van der Waals surface area contributed by atoms with Crippen LogP contribution in [0.1, 0.15) is 36.0 Å². The van der Waals surface area contributed by atoms with E-state index in [1.165, 1.54) is 11.6 Å². The fraction of sp³-hybridized carbons (Fsp3) is 0.409. The van der Waals surface area contributed by atoms with Crippen LogP contribution >= 0.6 is 15.9 Å². The van der Waals surface area contributed by atoms with Crippen molar-refractivity contribution >= 4 is 21.8 Å². The Balaban J connectivity index is 1.41. The Hall–Kier alpha value is -1.76. The molecule has 2 aromatic rings. The molecule has 0 atom stereocenters. The van der Waals surface area contributed by atoms with Crippen LogP contribution in [-0.2, 0) is 24.3 Å². The molecular formula is C22H26BrFN2O2. The lowest BCUT2D eigenvalue weighted by molar-refractivity contribution is -0.121. The molecule has 2 N–H and O–H groups in total. The number of hydrogen-bond donors (Lipinski definition) is 2. The molecule has 0 aliphatic carbocycles. The Bertz CT molecular complexity index is 790. The minimum Gasteiger partial charge on any atom is -0.393 e. The highest BCUT2D eigenvalue weighted by Crippen LogP contribution is 2.17. The molecule has 3 rings (SSSR count). The first-order valence-corrected chi connectivity index (χ1v) is 10.5. The van der Waals surface area contributed by atoms with Gasteiger partial charge in [-0.15, -0.1) is 0 Å². The largest absolute Gasteiger partial charge is 0.393 e. The minimum absolute atomic E-state index is 0.0849. The molecule has 0 unspecified atom stereocenters. The van der Waals surface area contributed by atoms with Gasteiger partial charge >= 0.3 is 0 Å². The van der Waals surface area contributed by atoms with E-state index < -0.39 is 0 Å². The summed E-state index contributed by atoms with van der Waals surface area (Å²) in [7, 11) is 0. The van der Waals surface area contributed by atoms with E-state index in [-0.39, 0.29) is 24.2 Å². The molecule has 1 aliphatic rings. The second kappa shape index (κ2) is 10.1. The Kier molecular flexibility index (Phi) is 7.59. The van der Waals surface area contributed by atoms with Crippen molar-refractivity contribution in [2.45, 2.75) is 44.9 Å². The summed E-state index contributed by atoms with van der Waals surface area (Å²) in [5, 5.41) is 12.5. The lowest BCUT2D eigenvalue weighted by Gasteiger charge is -2.29. The average molecular weight is 449 g/mol. The maximum absolute atomic E-state index is 13.8. The number of aliphatic hydroxyl groups excluding tert-OH is 1. The van der Waals surface area contributed by atoms with Crippen LogP contribution in [0, 0.1) is 5.82 Å². The lowest BCUT2D eigenvalue weighted by atomic mass is 10.1. The van der Waals surface area contributed by atoms with Crippen molar-refractivity contribution in [3.05, 3.63) is 69.4 Å². The van der Waals surface area contributed by atoms with Crippen molar-refractivity contribution in [3.63, 3.8) is 0 Å². The van der Waals surface area contributed by atoms with Crippen LogP contribution < -0.4 is 5.32 Å². The Morgan fingerprint density at radius 2 is 1.82 bits per heavy atom. The second-order valence-corrected chi connectivity index (χ2v) is 8.25. The van der Waals surface area contributed by atoms with Gasteiger partial charge in [0, 0.05) is 37.1 Å². The fourth-order valence-corrected chi connectivity index (χ4v) is 3.69. The number of piperidine rings is 1. The maximum atomic E-state index is 13.8. The SMILES string of the molecule is O=C(CCc1ccc(Br)cc1F)NCc1ccc(CN2CCC(O)CC2)cc1. The third-order valence-corrected chi connectivity index (χ3v) is 5.61. The molecule has 1 amide bonds. The van der Waals surface area contributed by atoms with E-state index in [0.717, 1.165) is 38.0 Å². The number of rotatable bonds is 7. The number of nitrogens with one attached hydrogen (secondary N) is 1. The van der Waals surface area contributed by atoms with Gasteiger partial charge in [-0.3, -0.25) is 9.69 Å². The number of carbonyl (C=O) groups excluding carboxylic acids is 1. The first-order chi connectivity index (χ1) is 13.5. The zero-order chi connectivity index (χ0) is 19.9. The molecule has 1 aliphatic heterocycles. The van der Waals surface area contributed by atoms with Crippen molar-refractivity contribution in [3.8, 4) is 0 Å². The van der Waals surface area contributed by atoms with Gasteiger partial charge in [-0.05, 0) is 48.1 Å². The van der Waals surface area contributed by atoms with E-state index in [9.17, 15) is 14.3 Å². The van der Waals surface area contributed by atoms with E-state index in [1.807, 2.05) is 12.1 Å². The van der Waals surface area contributed by atoms with E-state index in [0.29, 0.717) is 23.0 Å². The average Bonchev–Trinajstić information content (AvgIpc) is 2.68. The summed E-state index contributed by atoms with van der Waals surface area (Å²) in [6.07, 6.45) is 2.18. The molecule has 28 heavy (non-hydrogen) atoms. The molecule has 0 spiro atoms. The molecule has 0 radical (unpaired) electrons. The monoisotopic (exact) mass is 448 g/mol. The first kappa shape index (κ1) is 21.0. The molecule has 1 fully saturated rings. The Morgan fingerprint density at radius 3 is 2.50 bits per heavy atom. The summed E-state index contributed by atoms with van der Waals surface area (Å²) in [6.45, 7) is 3.21. The Morgan fingerprint density at radius 1 is 1.14 bits per heavy atom. The van der Waals surface area contributed by atoms with Gasteiger partial charge in [-0.2, -0.15) is 0 Å². The molecule has 1 heterocycles. The van der Waals surface area contributed by atoms with Crippen molar-refractivity contribution in [2.24, 2.45) is 0 Å². The summed E-state index contributed by atoms with van der Waals surface area (Å²) in [6, 6.07) is 13.1. The molecule has 2 aromatic carbocycles. The normalized spacial score (nSPS) is 15.5. The van der Waals surface area contributed by atoms with Crippen LogP contribution in [0.3, 0.4) is 0 Å².